The van der Waals surface area contributed by atoms with E-state index in [-0.39, 0.29) is 18.2 Å². The van der Waals surface area contributed by atoms with Crippen LogP contribution in [0.5, 0.6) is 0 Å². The minimum atomic E-state index is -1.02. The lowest BCUT2D eigenvalue weighted by atomic mass is 9.95. The van der Waals surface area contributed by atoms with E-state index in [4.69, 9.17) is 0 Å². The molecule has 0 aliphatic carbocycles. The number of rotatable bonds is 8. The van der Waals surface area contributed by atoms with Gasteiger partial charge in [-0.25, -0.2) is 0 Å². The summed E-state index contributed by atoms with van der Waals surface area (Å²) in [6.07, 6.45) is 11.5. The number of carbonyl (C=O) groups excluding carboxylic acids is 2. The minimum absolute atomic E-state index is 0.227. The molecule has 2 aromatic heterocycles. The molecule has 3 aromatic rings. The van der Waals surface area contributed by atoms with Gasteiger partial charge in [-0.3, -0.25) is 19.4 Å². The topological polar surface area (TPSA) is 113 Å². The highest BCUT2D eigenvalue weighted by Gasteiger charge is 2.28. The van der Waals surface area contributed by atoms with Gasteiger partial charge in [-0.05, 0) is 61.4 Å². The van der Waals surface area contributed by atoms with Crippen molar-refractivity contribution in [3.63, 3.8) is 0 Å². The summed E-state index contributed by atoms with van der Waals surface area (Å²) in [5.41, 5.74) is 3.22. The average molecular weight is 505 g/mol. The van der Waals surface area contributed by atoms with Crippen molar-refractivity contribution < 1.29 is 19.5 Å². The van der Waals surface area contributed by atoms with E-state index in [2.05, 4.69) is 38.5 Å². The Hall–Kier alpha value is -3.68. The number of nitrogens with one attached hydrogen (secondary N) is 2. The predicted octanol–water partition coefficient (Wildman–Crippen LogP) is 3.87. The van der Waals surface area contributed by atoms with Crippen LogP contribution in [0, 0.1) is 5.92 Å². The number of carboxylic acids is 1. The lowest BCUT2D eigenvalue weighted by molar-refractivity contribution is -0.141. The van der Waals surface area contributed by atoms with E-state index in [1.54, 1.807) is 12.4 Å². The summed E-state index contributed by atoms with van der Waals surface area (Å²) in [5, 5.41) is 16.4. The lowest BCUT2D eigenvalue weighted by Gasteiger charge is -2.22. The van der Waals surface area contributed by atoms with Gasteiger partial charge in [0, 0.05) is 54.9 Å². The van der Waals surface area contributed by atoms with Crippen molar-refractivity contribution in [2.24, 2.45) is 5.92 Å². The fourth-order valence-electron chi connectivity index (χ4n) is 5.12. The maximum absolute atomic E-state index is 13.3. The Bertz CT molecular complexity index is 1210. The number of carboxylic acid groups (broad SMARTS) is 1. The number of pyridine rings is 1. The second-order valence-corrected chi connectivity index (χ2v) is 9.88. The number of aryl methyl sites for hydroxylation is 2. The highest BCUT2D eigenvalue weighted by Crippen LogP contribution is 2.24. The Morgan fingerprint density at radius 1 is 1.11 bits per heavy atom. The van der Waals surface area contributed by atoms with Crippen LogP contribution in [-0.4, -0.2) is 45.0 Å². The van der Waals surface area contributed by atoms with Crippen LogP contribution in [0.2, 0.25) is 0 Å². The van der Waals surface area contributed by atoms with Crippen molar-refractivity contribution in [3.8, 4) is 0 Å². The van der Waals surface area contributed by atoms with E-state index in [0.717, 1.165) is 60.7 Å². The molecule has 8 nitrogen and oxygen atoms in total. The Morgan fingerprint density at radius 3 is 2.70 bits per heavy atom. The molecule has 0 radical (unpaired) electrons. The number of aliphatic carboxylic acids is 1. The number of hydrogen-bond donors (Lipinski definition) is 3. The molecule has 2 bridgehead atoms. The number of para-hydroxylation sites is 1. The molecule has 1 unspecified atom stereocenters. The zero-order valence-corrected chi connectivity index (χ0v) is 21.2. The third-order valence-electron chi connectivity index (χ3n) is 7.11. The summed E-state index contributed by atoms with van der Waals surface area (Å²) in [6, 6.07) is 11.2. The molecule has 0 saturated heterocycles. The first kappa shape index (κ1) is 26.4. The number of benzene rings is 1. The summed E-state index contributed by atoms with van der Waals surface area (Å²) in [5.74, 6) is -2.34. The van der Waals surface area contributed by atoms with Crippen molar-refractivity contribution in [1.82, 2.24) is 20.2 Å². The molecule has 1 aliphatic heterocycles. The molecular weight excluding hydrogens is 468 g/mol. The standard InChI is InChI=1S/C29H36N4O4/c34-27(35)19-22(9-7-8-21-12-15-30-16-13-21)28(36)32-25-18-23-20-33(26-11-4-3-10-24(23)26)17-6-2-1-5-14-31-29(25)37/h3-4,10-13,15-16,20,22,25H,1-2,5-9,14,17-19H2,(H,31,37)(H,32,36)(H,34,35)/t22-,25?/m1/s1. The quantitative estimate of drug-likeness (QED) is 0.431. The Morgan fingerprint density at radius 2 is 1.89 bits per heavy atom. The lowest BCUT2D eigenvalue weighted by Crippen LogP contribution is -2.50. The van der Waals surface area contributed by atoms with Gasteiger partial charge in [0.15, 0.2) is 0 Å². The highest BCUT2D eigenvalue weighted by atomic mass is 16.4. The van der Waals surface area contributed by atoms with Gasteiger partial charge in [0.1, 0.15) is 6.04 Å². The third kappa shape index (κ3) is 7.41. The van der Waals surface area contributed by atoms with E-state index in [9.17, 15) is 19.5 Å². The third-order valence-corrected chi connectivity index (χ3v) is 7.11. The minimum Gasteiger partial charge on any atom is -0.481 e. The average Bonchev–Trinajstić information content (AvgIpc) is 3.24. The molecule has 0 saturated carbocycles. The van der Waals surface area contributed by atoms with Crippen molar-refractivity contribution in [3.05, 3.63) is 66.1 Å². The van der Waals surface area contributed by atoms with Gasteiger partial charge in [-0.15, -0.1) is 0 Å². The fraction of sp³-hybridized carbons (Fsp3) is 0.448. The van der Waals surface area contributed by atoms with Gasteiger partial charge in [0.25, 0.3) is 0 Å². The SMILES string of the molecule is O=C(O)C[C@@H](CCCc1ccncc1)C(=O)NC1Cc2cn(c3ccccc23)CCCCCCNC1=O. The molecular formula is C29H36N4O4. The summed E-state index contributed by atoms with van der Waals surface area (Å²) in [7, 11) is 0. The predicted molar refractivity (Wildman–Crippen MR) is 142 cm³/mol. The smallest absolute Gasteiger partial charge is 0.304 e. The highest BCUT2D eigenvalue weighted by molar-refractivity contribution is 5.91. The molecule has 0 fully saturated rings. The normalized spacial score (nSPS) is 17.6. The molecule has 2 atom stereocenters. The Kier molecular flexibility index (Phi) is 9.29. The molecule has 0 spiro atoms. The molecule has 3 heterocycles. The number of amides is 2. The van der Waals surface area contributed by atoms with E-state index in [1.165, 1.54) is 0 Å². The van der Waals surface area contributed by atoms with Crippen LogP contribution < -0.4 is 10.6 Å². The second kappa shape index (κ2) is 13.0. The molecule has 196 valence electrons. The molecule has 1 aromatic carbocycles. The summed E-state index contributed by atoms with van der Waals surface area (Å²) >= 11 is 0. The van der Waals surface area contributed by atoms with Crippen LogP contribution in [0.25, 0.3) is 10.9 Å². The maximum atomic E-state index is 13.3. The van der Waals surface area contributed by atoms with Crippen LogP contribution in [0.4, 0.5) is 0 Å². The van der Waals surface area contributed by atoms with Crippen molar-refractivity contribution in [1.29, 1.82) is 0 Å². The van der Waals surface area contributed by atoms with Crippen LogP contribution in [0.3, 0.4) is 0 Å². The van der Waals surface area contributed by atoms with Gasteiger partial charge in [0.05, 0.1) is 6.42 Å². The van der Waals surface area contributed by atoms with Crippen molar-refractivity contribution in [2.75, 3.05) is 6.54 Å². The monoisotopic (exact) mass is 504 g/mol. The molecule has 2 amide bonds. The van der Waals surface area contributed by atoms with Gasteiger partial charge < -0.3 is 20.3 Å². The molecule has 3 N–H and O–H groups in total. The molecule has 37 heavy (non-hydrogen) atoms. The van der Waals surface area contributed by atoms with E-state index in [1.807, 2.05) is 24.3 Å². The largest absolute Gasteiger partial charge is 0.481 e. The first-order chi connectivity index (χ1) is 18.0. The number of fused-ring (bicyclic) bond motifs is 5. The van der Waals surface area contributed by atoms with Gasteiger partial charge in [0.2, 0.25) is 11.8 Å². The molecule has 8 heteroatoms. The molecule has 1 aliphatic rings. The Balaban J connectivity index is 1.51. The van der Waals surface area contributed by atoms with E-state index < -0.39 is 17.9 Å². The van der Waals surface area contributed by atoms with Crippen LogP contribution in [0.1, 0.15) is 56.1 Å². The van der Waals surface area contributed by atoms with Gasteiger partial charge in [-0.1, -0.05) is 31.0 Å². The van der Waals surface area contributed by atoms with E-state index >= 15 is 0 Å². The van der Waals surface area contributed by atoms with Crippen molar-refractivity contribution in [2.45, 2.75) is 70.4 Å². The van der Waals surface area contributed by atoms with E-state index in [0.29, 0.717) is 25.8 Å². The number of hydrogen-bond acceptors (Lipinski definition) is 4. The van der Waals surface area contributed by atoms with Crippen LogP contribution >= 0.6 is 0 Å². The zero-order valence-electron chi connectivity index (χ0n) is 21.2. The van der Waals surface area contributed by atoms with Crippen molar-refractivity contribution >= 4 is 28.7 Å². The first-order valence-corrected chi connectivity index (χ1v) is 13.3. The number of nitrogens with zero attached hydrogens (tertiary/aromatic N) is 2. The first-order valence-electron chi connectivity index (χ1n) is 13.3. The molecule has 4 rings (SSSR count). The van der Waals surface area contributed by atoms with Crippen LogP contribution in [0.15, 0.2) is 55.0 Å². The van der Waals surface area contributed by atoms with Gasteiger partial charge in [-0.2, -0.15) is 0 Å². The summed E-state index contributed by atoms with van der Waals surface area (Å²) in [6.45, 7) is 1.48. The van der Waals surface area contributed by atoms with Gasteiger partial charge >= 0.3 is 5.97 Å². The number of aromatic nitrogens is 2. The number of carbonyl (C=O) groups is 3. The Labute approximate surface area is 217 Å². The summed E-state index contributed by atoms with van der Waals surface area (Å²) < 4.78 is 2.24. The zero-order chi connectivity index (χ0) is 26.0. The fourth-order valence-corrected chi connectivity index (χ4v) is 5.12. The summed E-state index contributed by atoms with van der Waals surface area (Å²) in [4.78, 5) is 42.1. The second-order valence-electron chi connectivity index (χ2n) is 9.88. The maximum Gasteiger partial charge on any atom is 0.304 e. The van der Waals surface area contributed by atoms with Crippen LogP contribution in [-0.2, 0) is 33.8 Å².